The first kappa shape index (κ1) is 11.7. The molecule has 0 bridgehead atoms. The van der Waals surface area contributed by atoms with Crippen LogP contribution in [0.1, 0.15) is 17.2 Å². The van der Waals surface area contributed by atoms with Gasteiger partial charge in [-0.05, 0) is 0 Å². The lowest BCUT2D eigenvalue weighted by Crippen LogP contribution is -2.26. The van der Waals surface area contributed by atoms with Crippen molar-refractivity contribution in [3.05, 3.63) is 71.8 Å². The van der Waals surface area contributed by atoms with Gasteiger partial charge in [-0.2, -0.15) is 4.39 Å². The molecular weight excluding hydrogens is 247 g/mol. The van der Waals surface area contributed by atoms with Crippen LogP contribution < -0.4 is 0 Å². The summed E-state index contributed by atoms with van der Waals surface area (Å²) in [5.74, 6) is -2.29. The fourth-order valence-corrected chi connectivity index (χ4v) is 2.16. The van der Waals surface area contributed by atoms with Crippen LogP contribution in [0.4, 0.5) is 9.18 Å². The Morgan fingerprint density at radius 3 is 2.16 bits per heavy atom. The third-order valence-electron chi connectivity index (χ3n) is 3.05. The minimum atomic E-state index is -2.29. The Morgan fingerprint density at radius 2 is 1.53 bits per heavy atom. The number of carbonyl (C=O) groups is 1. The summed E-state index contributed by atoms with van der Waals surface area (Å²) in [6, 6.07) is 17.0. The summed E-state index contributed by atoms with van der Waals surface area (Å²) in [7, 11) is 0. The molecule has 0 aromatic heterocycles. The molecule has 3 rings (SSSR count). The fourth-order valence-electron chi connectivity index (χ4n) is 2.16. The number of rotatable bonds is 2. The van der Waals surface area contributed by atoms with Gasteiger partial charge in [0.25, 0.3) is 0 Å². The average Bonchev–Trinajstić information content (AvgIpc) is 2.77. The first-order chi connectivity index (χ1) is 9.20. The summed E-state index contributed by atoms with van der Waals surface area (Å²) in [4.78, 5) is 11.3. The Morgan fingerprint density at radius 1 is 0.947 bits per heavy atom. The second-order valence-electron chi connectivity index (χ2n) is 4.27. The van der Waals surface area contributed by atoms with Gasteiger partial charge in [0.15, 0.2) is 0 Å². The van der Waals surface area contributed by atoms with E-state index in [1.165, 1.54) is 0 Å². The van der Waals surface area contributed by atoms with Crippen molar-refractivity contribution in [1.82, 2.24) is 0 Å². The molecule has 1 heterocycles. The molecule has 1 saturated heterocycles. The molecular formula is C15H11FO3. The van der Waals surface area contributed by atoms with Crippen molar-refractivity contribution in [1.29, 1.82) is 0 Å². The van der Waals surface area contributed by atoms with E-state index in [9.17, 15) is 4.79 Å². The molecule has 0 N–H and O–H groups in total. The van der Waals surface area contributed by atoms with Crippen molar-refractivity contribution in [2.75, 3.05) is 0 Å². The Labute approximate surface area is 109 Å². The molecule has 0 aliphatic carbocycles. The molecule has 2 atom stereocenters. The lowest BCUT2D eigenvalue weighted by Gasteiger charge is -2.22. The second-order valence-corrected chi connectivity index (χ2v) is 4.27. The van der Waals surface area contributed by atoms with Crippen molar-refractivity contribution < 1.29 is 18.7 Å². The van der Waals surface area contributed by atoms with Crippen LogP contribution in [0.25, 0.3) is 0 Å². The molecule has 0 saturated carbocycles. The molecule has 2 aromatic rings. The zero-order valence-electron chi connectivity index (χ0n) is 9.95. The molecule has 3 nitrogen and oxygen atoms in total. The standard InChI is InChI=1S/C15H11FO3/c16-15(12-9-5-2-6-10-12)13(18-14(17)19-15)11-7-3-1-4-8-11/h1-10,13H. The molecule has 0 spiro atoms. The average molecular weight is 258 g/mol. The molecule has 1 aliphatic rings. The molecule has 96 valence electrons. The highest BCUT2D eigenvalue weighted by molar-refractivity contribution is 5.64. The number of carbonyl (C=O) groups excluding carboxylic acids is 1. The van der Waals surface area contributed by atoms with Gasteiger partial charge in [0, 0.05) is 11.1 Å². The predicted molar refractivity (Wildman–Crippen MR) is 66.0 cm³/mol. The highest BCUT2D eigenvalue weighted by Gasteiger charge is 2.54. The minimum absolute atomic E-state index is 0.259. The van der Waals surface area contributed by atoms with Crippen LogP contribution in [0.3, 0.4) is 0 Å². The van der Waals surface area contributed by atoms with E-state index >= 15 is 4.39 Å². The predicted octanol–water partition coefficient (Wildman–Crippen LogP) is 3.72. The van der Waals surface area contributed by atoms with Crippen LogP contribution in [-0.4, -0.2) is 6.16 Å². The molecule has 1 fully saturated rings. The maximum Gasteiger partial charge on any atom is 0.512 e. The van der Waals surface area contributed by atoms with Gasteiger partial charge in [0.05, 0.1) is 0 Å². The summed E-state index contributed by atoms with van der Waals surface area (Å²) in [6.45, 7) is 0. The Hall–Kier alpha value is -2.36. The van der Waals surface area contributed by atoms with E-state index in [-0.39, 0.29) is 5.56 Å². The van der Waals surface area contributed by atoms with E-state index in [1.807, 2.05) is 6.07 Å². The Balaban J connectivity index is 2.06. The van der Waals surface area contributed by atoms with Crippen molar-refractivity contribution in [3.8, 4) is 0 Å². The van der Waals surface area contributed by atoms with Gasteiger partial charge in [0.1, 0.15) is 0 Å². The molecule has 2 aromatic carbocycles. The number of hydrogen-bond donors (Lipinski definition) is 0. The molecule has 0 amide bonds. The van der Waals surface area contributed by atoms with Gasteiger partial charge < -0.3 is 9.47 Å². The maximum atomic E-state index is 15.1. The lowest BCUT2D eigenvalue weighted by atomic mass is 9.96. The van der Waals surface area contributed by atoms with E-state index in [1.54, 1.807) is 54.6 Å². The zero-order valence-corrected chi connectivity index (χ0v) is 9.95. The number of cyclic esters (lactones) is 2. The van der Waals surface area contributed by atoms with Crippen molar-refractivity contribution >= 4 is 6.16 Å². The van der Waals surface area contributed by atoms with Crippen LogP contribution in [0.15, 0.2) is 60.7 Å². The normalized spacial score (nSPS) is 25.7. The van der Waals surface area contributed by atoms with Gasteiger partial charge in [0.2, 0.25) is 6.10 Å². The lowest BCUT2D eigenvalue weighted by molar-refractivity contribution is -0.101. The number of benzene rings is 2. The summed E-state index contributed by atoms with van der Waals surface area (Å²) in [5.41, 5.74) is 0.814. The third-order valence-corrected chi connectivity index (χ3v) is 3.05. The molecule has 0 radical (unpaired) electrons. The van der Waals surface area contributed by atoms with Crippen LogP contribution in [0.5, 0.6) is 0 Å². The van der Waals surface area contributed by atoms with E-state index in [0.29, 0.717) is 5.56 Å². The quantitative estimate of drug-likeness (QED) is 0.770. The topological polar surface area (TPSA) is 35.5 Å². The van der Waals surface area contributed by atoms with Gasteiger partial charge in [-0.25, -0.2) is 4.79 Å². The zero-order chi connectivity index (χ0) is 13.3. The first-order valence-corrected chi connectivity index (χ1v) is 5.89. The fraction of sp³-hybridized carbons (Fsp3) is 0.133. The third kappa shape index (κ3) is 1.95. The number of alkyl halides is 1. The Kier molecular flexibility index (Phi) is 2.71. The van der Waals surface area contributed by atoms with Gasteiger partial charge in [-0.3, -0.25) is 0 Å². The van der Waals surface area contributed by atoms with Crippen LogP contribution in [-0.2, 0) is 15.3 Å². The molecule has 1 aliphatic heterocycles. The van der Waals surface area contributed by atoms with Crippen LogP contribution in [0.2, 0.25) is 0 Å². The molecule has 19 heavy (non-hydrogen) atoms. The SMILES string of the molecule is O=C1OC(c2ccccc2)C(F)(c2ccccc2)O1. The largest absolute Gasteiger partial charge is 0.512 e. The van der Waals surface area contributed by atoms with Crippen molar-refractivity contribution in [2.24, 2.45) is 0 Å². The molecule has 2 unspecified atom stereocenters. The number of halogens is 1. The number of hydrogen-bond acceptors (Lipinski definition) is 3. The van der Waals surface area contributed by atoms with Crippen molar-refractivity contribution in [3.63, 3.8) is 0 Å². The van der Waals surface area contributed by atoms with Crippen LogP contribution >= 0.6 is 0 Å². The van der Waals surface area contributed by atoms with E-state index in [2.05, 4.69) is 0 Å². The van der Waals surface area contributed by atoms with Crippen LogP contribution in [0, 0.1) is 0 Å². The van der Waals surface area contributed by atoms with Crippen molar-refractivity contribution in [2.45, 2.75) is 12.0 Å². The summed E-state index contributed by atoms with van der Waals surface area (Å²) < 4.78 is 24.8. The maximum absolute atomic E-state index is 15.1. The highest BCUT2D eigenvalue weighted by atomic mass is 19.2. The van der Waals surface area contributed by atoms with Gasteiger partial charge in [-0.1, -0.05) is 60.7 Å². The second kappa shape index (κ2) is 4.39. The smallest absolute Gasteiger partial charge is 0.418 e. The first-order valence-electron chi connectivity index (χ1n) is 5.89. The van der Waals surface area contributed by atoms with E-state index in [0.717, 1.165) is 0 Å². The monoisotopic (exact) mass is 258 g/mol. The summed E-state index contributed by atoms with van der Waals surface area (Å²) in [6.07, 6.45) is -2.09. The van der Waals surface area contributed by atoms with Gasteiger partial charge >= 0.3 is 12.0 Å². The highest BCUT2D eigenvalue weighted by Crippen LogP contribution is 2.47. The van der Waals surface area contributed by atoms with E-state index in [4.69, 9.17) is 9.47 Å². The molecule has 4 heteroatoms. The van der Waals surface area contributed by atoms with Gasteiger partial charge in [-0.15, -0.1) is 0 Å². The number of ether oxygens (including phenoxy) is 2. The summed E-state index contributed by atoms with van der Waals surface area (Å²) in [5, 5.41) is 0. The minimum Gasteiger partial charge on any atom is -0.418 e. The van der Waals surface area contributed by atoms with E-state index < -0.39 is 18.1 Å². The Bertz CT molecular complexity index is 585. The summed E-state index contributed by atoms with van der Waals surface area (Å²) >= 11 is 0.